The van der Waals surface area contributed by atoms with Gasteiger partial charge in [0.25, 0.3) is 0 Å². The van der Waals surface area contributed by atoms with E-state index in [1.54, 1.807) is 27.0 Å². The largest absolute Gasteiger partial charge is 0.444 e. The molecule has 0 bridgehead atoms. The van der Waals surface area contributed by atoms with Crippen molar-refractivity contribution in [1.29, 1.82) is 0 Å². The van der Waals surface area contributed by atoms with Crippen molar-refractivity contribution in [1.82, 2.24) is 20.0 Å². The van der Waals surface area contributed by atoms with Gasteiger partial charge in [-0.25, -0.2) is 9.48 Å². The highest BCUT2D eigenvalue weighted by molar-refractivity contribution is 5.82. The van der Waals surface area contributed by atoms with Gasteiger partial charge in [0, 0.05) is 18.3 Å². The number of carbonyl (C=O) groups is 2. The number of likely N-dealkylation sites (N-methyl/N-ethyl adjacent to an activating group) is 1. The first-order valence-corrected chi connectivity index (χ1v) is 8.92. The van der Waals surface area contributed by atoms with E-state index in [-0.39, 0.29) is 18.5 Å². The number of carbonyl (C=O) groups excluding carboxylic acids is 2. The van der Waals surface area contributed by atoms with E-state index in [1.165, 1.54) is 11.9 Å². The predicted octanol–water partition coefficient (Wildman–Crippen LogP) is 3.22. The van der Waals surface area contributed by atoms with Crippen molar-refractivity contribution in [2.75, 3.05) is 13.6 Å². The van der Waals surface area contributed by atoms with Crippen LogP contribution in [0.2, 0.25) is 0 Å². The Morgan fingerprint density at radius 3 is 2.48 bits per heavy atom. The first-order chi connectivity index (χ1) is 12.6. The summed E-state index contributed by atoms with van der Waals surface area (Å²) in [6.45, 7) is 9.14. The molecule has 1 aromatic carbocycles. The molecule has 1 unspecified atom stereocenters. The molecule has 0 aliphatic carbocycles. The Bertz CT molecular complexity index is 793. The van der Waals surface area contributed by atoms with E-state index in [9.17, 15) is 9.59 Å². The smallest absolute Gasteiger partial charge is 0.410 e. The molecule has 0 radical (unpaired) electrons. The minimum absolute atomic E-state index is 0.0783. The maximum absolute atomic E-state index is 12.3. The Balaban J connectivity index is 1.99. The summed E-state index contributed by atoms with van der Waals surface area (Å²) in [4.78, 5) is 25.5. The van der Waals surface area contributed by atoms with Gasteiger partial charge in [0.2, 0.25) is 5.91 Å². The second-order valence-electron chi connectivity index (χ2n) is 7.56. The van der Waals surface area contributed by atoms with E-state index >= 15 is 0 Å². The molecule has 27 heavy (non-hydrogen) atoms. The SMILES string of the molecule is Cc1c(C(C)NC(=O)CN(C)C(=O)OC(C)(C)C)cnn1-c1ccccc1. The predicted molar refractivity (Wildman–Crippen MR) is 104 cm³/mol. The van der Waals surface area contributed by atoms with Crippen LogP contribution in [-0.4, -0.2) is 45.9 Å². The number of aromatic nitrogens is 2. The van der Waals surface area contributed by atoms with Crippen LogP contribution in [0.3, 0.4) is 0 Å². The molecule has 2 rings (SSSR count). The van der Waals surface area contributed by atoms with Crippen molar-refractivity contribution in [3.8, 4) is 5.69 Å². The van der Waals surface area contributed by atoms with Gasteiger partial charge in [-0.15, -0.1) is 0 Å². The van der Waals surface area contributed by atoms with Gasteiger partial charge in [-0.2, -0.15) is 5.10 Å². The van der Waals surface area contributed by atoms with Crippen LogP contribution in [0.4, 0.5) is 4.79 Å². The third kappa shape index (κ3) is 5.57. The highest BCUT2D eigenvalue weighted by Gasteiger charge is 2.22. The molecule has 0 saturated carbocycles. The van der Waals surface area contributed by atoms with Crippen molar-refractivity contribution < 1.29 is 14.3 Å². The molecule has 0 saturated heterocycles. The molecule has 0 fully saturated rings. The first-order valence-electron chi connectivity index (χ1n) is 8.92. The lowest BCUT2D eigenvalue weighted by Crippen LogP contribution is -2.41. The van der Waals surface area contributed by atoms with E-state index < -0.39 is 11.7 Å². The molecule has 1 heterocycles. The normalized spacial score (nSPS) is 12.4. The summed E-state index contributed by atoms with van der Waals surface area (Å²) in [7, 11) is 1.54. The van der Waals surface area contributed by atoms with Gasteiger partial charge in [-0.3, -0.25) is 4.79 Å². The van der Waals surface area contributed by atoms with Crippen LogP contribution in [0.5, 0.6) is 0 Å². The molecule has 1 atom stereocenters. The average Bonchev–Trinajstić information content (AvgIpc) is 2.95. The van der Waals surface area contributed by atoms with E-state index in [0.29, 0.717) is 0 Å². The summed E-state index contributed by atoms with van der Waals surface area (Å²) in [5.41, 5.74) is 2.24. The van der Waals surface area contributed by atoms with Gasteiger partial charge >= 0.3 is 6.09 Å². The Morgan fingerprint density at radius 1 is 1.26 bits per heavy atom. The Hall–Kier alpha value is -2.83. The fraction of sp³-hybridized carbons (Fsp3) is 0.450. The van der Waals surface area contributed by atoms with Gasteiger partial charge in [0.15, 0.2) is 0 Å². The first kappa shape index (κ1) is 20.5. The minimum atomic E-state index is -0.599. The quantitative estimate of drug-likeness (QED) is 0.874. The van der Waals surface area contributed by atoms with Crippen LogP contribution in [0, 0.1) is 6.92 Å². The van der Waals surface area contributed by atoms with Gasteiger partial charge in [0.1, 0.15) is 12.1 Å². The van der Waals surface area contributed by atoms with Crippen molar-refractivity contribution in [2.45, 2.75) is 46.3 Å². The van der Waals surface area contributed by atoms with E-state index in [2.05, 4.69) is 10.4 Å². The van der Waals surface area contributed by atoms with Crippen LogP contribution in [0.1, 0.15) is 45.0 Å². The van der Waals surface area contributed by atoms with Crippen LogP contribution in [-0.2, 0) is 9.53 Å². The van der Waals surface area contributed by atoms with Crippen LogP contribution < -0.4 is 5.32 Å². The number of ether oxygens (including phenoxy) is 1. The highest BCUT2D eigenvalue weighted by atomic mass is 16.6. The Labute approximate surface area is 160 Å². The van der Waals surface area contributed by atoms with Crippen molar-refractivity contribution in [3.63, 3.8) is 0 Å². The molecule has 0 aliphatic heterocycles. The number of para-hydroxylation sites is 1. The molecule has 146 valence electrons. The second kappa shape index (κ2) is 8.24. The molecule has 1 aromatic heterocycles. The van der Waals surface area contributed by atoms with Gasteiger partial charge in [0.05, 0.1) is 17.9 Å². The third-order valence-corrected chi connectivity index (χ3v) is 3.98. The number of hydrogen-bond donors (Lipinski definition) is 1. The van der Waals surface area contributed by atoms with Crippen LogP contribution in [0.15, 0.2) is 36.5 Å². The maximum Gasteiger partial charge on any atom is 0.410 e. The molecule has 2 amide bonds. The molecular weight excluding hydrogens is 344 g/mol. The van der Waals surface area contributed by atoms with E-state index in [1.807, 2.05) is 48.9 Å². The third-order valence-electron chi connectivity index (χ3n) is 3.98. The summed E-state index contributed by atoms with van der Waals surface area (Å²) in [5, 5.41) is 7.33. The number of nitrogens with one attached hydrogen (secondary N) is 1. The number of nitrogens with zero attached hydrogens (tertiary/aromatic N) is 3. The van der Waals surface area contributed by atoms with Crippen LogP contribution in [0.25, 0.3) is 5.69 Å². The number of benzene rings is 1. The lowest BCUT2D eigenvalue weighted by Gasteiger charge is -2.24. The van der Waals surface area contributed by atoms with Crippen molar-refractivity contribution in [3.05, 3.63) is 47.8 Å². The zero-order valence-corrected chi connectivity index (χ0v) is 16.8. The number of hydrogen-bond acceptors (Lipinski definition) is 4. The highest BCUT2D eigenvalue weighted by Crippen LogP contribution is 2.20. The van der Waals surface area contributed by atoms with Gasteiger partial charge in [-0.05, 0) is 46.8 Å². The molecule has 0 aliphatic rings. The lowest BCUT2D eigenvalue weighted by atomic mass is 10.1. The monoisotopic (exact) mass is 372 g/mol. The van der Waals surface area contributed by atoms with Crippen molar-refractivity contribution >= 4 is 12.0 Å². The fourth-order valence-electron chi connectivity index (χ4n) is 2.66. The summed E-state index contributed by atoms with van der Waals surface area (Å²) in [6, 6.07) is 9.57. The second-order valence-corrected chi connectivity index (χ2v) is 7.56. The summed E-state index contributed by atoms with van der Waals surface area (Å²) < 4.78 is 7.09. The Morgan fingerprint density at radius 2 is 1.89 bits per heavy atom. The molecule has 7 nitrogen and oxygen atoms in total. The van der Waals surface area contributed by atoms with Crippen LogP contribution >= 0.6 is 0 Å². The number of rotatable bonds is 5. The summed E-state index contributed by atoms with van der Waals surface area (Å²) in [6.07, 6.45) is 1.23. The Kier molecular flexibility index (Phi) is 6.25. The summed E-state index contributed by atoms with van der Waals surface area (Å²) in [5.74, 6) is -0.261. The summed E-state index contributed by atoms with van der Waals surface area (Å²) >= 11 is 0. The lowest BCUT2D eigenvalue weighted by molar-refractivity contribution is -0.122. The molecule has 2 aromatic rings. The van der Waals surface area contributed by atoms with Gasteiger partial charge in [-0.1, -0.05) is 18.2 Å². The topological polar surface area (TPSA) is 76.5 Å². The average molecular weight is 372 g/mol. The molecule has 0 spiro atoms. The molecule has 1 N–H and O–H groups in total. The van der Waals surface area contributed by atoms with Crippen molar-refractivity contribution in [2.24, 2.45) is 0 Å². The zero-order valence-electron chi connectivity index (χ0n) is 16.8. The van der Waals surface area contributed by atoms with Gasteiger partial charge < -0.3 is 15.0 Å². The van der Waals surface area contributed by atoms with E-state index in [4.69, 9.17) is 4.74 Å². The standard InChI is InChI=1S/C20H28N4O3/c1-14(22-18(25)13-23(6)19(26)27-20(3,4)5)17-12-21-24(15(17)2)16-10-8-7-9-11-16/h7-12,14H,13H2,1-6H3,(H,22,25). The number of amides is 2. The molecular formula is C20H28N4O3. The zero-order chi connectivity index (χ0) is 20.2. The minimum Gasteiger partial charge on any atom is -0.444 e. The fourth-order valence-corrected chi connectivity index (χ4v) is 2.66. The molecule has 7 heteroatoms. The maximum atomic E-state index is 12.3. The van der Waals surface area contributed by atoms with E-state index in [0.717, 1.165) is 16.9 Å².